The zero-order valence-electron chi connectivity index (χ0n) is 13.0. The molecule has 5 nitrogen and oxygen atoms in total. The summed E-state index contributed by atoms with van der Waals surface area (Å²) in [5, 5.41) is 9.49. The number of ether oxygens (including phenoxy) is 1. The van der Waals surface area contributed by atoms with Crippen molar-refractivity contribution in [3.8, 4) is 17.1 Å². The number of hydrogen-bond acceptors (Lipinski definition) is 4. The third-order valence-corrected chi connectivity index (χ3v) is 4.42. The van der Waals surface area contributed by atoms with Crippen molar-refractivity contribution in [2.45, 2.75) is 19.0 Å². The average molecular weight is 407 g/mol. The molecule has 1 N–H and O–H groups in total. The second kappa shape index (κ2) is 6.92. The van der Waals surface area contributed by atoms with E-state index in [2.05, 4.69) is 9.97 Å². The van der Waals surface area contributed by atoms with Crippen molar-refractivity contribution >= 4 is 29.2 Å². The maximum Gasteiger partial charge on any atom is 0.435 e. The molecule has 1 saturated carbocycles. The summed E-state index contributed by atoms with van der Waals surface area (Å²) >= 11 is 11.8. The van der Waals surface area contributed by atoms with Crippen LogP contribution >= 0.6 is 23.2 Å². The summed E-state index contributed by atoms with van der Waals surface area (Å²) in [6.45, 7) is 0.173. The van der Waals surface area contributed by atoms with Crippen LogP contribution in [0.25, 0.3) is 11.3 Å². The molecule has 1 heterocycles. The first-order valence-corrected chi connectivity index (χ1v) is 8.23. The highest BCUT2D eigenvalue weighted by Gasteiger charge is 2.40. The minimum absolute atomic E-state index is 0.135. The number of carboxylic acids is 1. The summed E-state index contributed by atoms with van der Waals surface area (Å²) in [4.78, 5) is 18.4. The van der Waals surface area contributed by atoms with Crippen molar-refractivity contribution in [3.05, 3.63) is 39.6 Å². The number of alkyl halides is 3. The fourth-order valence-corrected chi connectivity index (χ4v) is 2.48. The van der Waals surface area contributed by atoms with Crippen molar-refractivity contribution in [1.82, 2.24) is 9.97 Å². The average Bonchev–Trinajstić information content (AvgIpc) is 3.38. The van der Waals surface area contributed by atoms with Gasteiger partial charge in [-0.15, -0.1) is 0 Å². The molecule has 3 rings (SSSR count). The molecule has 0 atom stereocenters. The van der Waals surface area contributed by atoms with Crippen LogP contribution in [-0.4, -0.2) is 27.7 Å². The Bertz CT molecular complexity index is 871. The van der Waals surface area contributed by atoms with E-state index in [0.29, 0.717) is 0 Å². The Balaban J connectivity index is 2.16. The second-order valence-electron chi connectivity index (χ2n) is 5.76. The molecule has 138 valence electrons. The molecule has 1 aromatic carbocycles. The molecule has 1 aliphatic rings. The molecule has 0 saturated heterocycles. The summed E-state index contributed by atoms with van der Waals surface area (Å²) in [5.41, 5.74) is -2.72. The monoisotopic (exact) mass is 406 g/mol. The van der Waals surface area contributed by atoms with E-state index in [1.165, 1.54) is 18.2 Å². The van der Waals surface area contributed by atoms with Crippen LogP contribution in [0.4, 0.5) is 13.2 Å². The van der Waals surface area contributed by atoms with Crippen molar-refractivity contribution in [3.63, 3.8) is 0 Å². The quantitative estimate of drug-likeness (QED) is 0.759. The second-order valence-corrected chi connectivity index (χ2v) is 6.58. The van der Waals surface area contributed by atoms with E-state index < -0.39 is 29.4 Å². The first-order valence-electron chi connectivity index (χ1n) is 7.47. The third kappa shape index (κ3) is 4.02. The van der Waals surface area contributed by atoms with Gasteiger partial charge in [0.25, 0.3) is 0 Å². The number of hydrogen-bond donors (Lipinski definition) is 1. The van der Waals surface area contributed by atoms with Crippen LogP contribution in [0, 0.1) is 5.92 Å². The normalized spacial score (nSPS) is 14.3. The Kier molecular flexibility index (Phi) is 4.98. The molecular weight excluding hydrogens is 396 g/mol. The Morgan fingerprint density at radius 2 is 1.92 bits per heavy atom. The van der Waals surface area contributed by atoms with Crippen LogP contribution < -0.4 is 4.74 Å². The van der Waals surface area contributed by atoms with Gasteiger partial charge in [0.1, 0.15) is 5.69 Å². The minimum atomic E-state index is -4.99. The Morgan fingerprint density at radius 3 is 2.46 bits per heavy atom. The SMILES string of the molecule is O=C(O)c1nc(-c2ccc(Cl)c(Cl)c2)c(OCC2CC2)nc1C(F)(F)F. The van der Waals surface area contributed by atoms with Crippen LogP contribution in [-0.2, 0) is 6.18 Å². The number of nitrogens with zero attached hydrogens (tertiary/aromatic N) is 2. The number of benzene rings is 1. The summed E-state index contributed by atoms with van der Waals surface area (Å²) in [6, 6.07) is 4.22. The Hall–Kier alpha value is -2.06. The van der Waals surface area contributed by atoms with E-state index in [9.17, 15) is 18.0 Å². The van der Waals surface area contributed by atoms with Gasteiger partial charge >= 0.3 is 12.1 Å². The van der Waals surface area contributed by atoms with Crippen LogP contribution in [0.2, 0.25) is 10.0 Å². The lowest BCUT2D eigenvalue weighted by Gasteiger charge is -2.15. The largest absolute Gasteiger partial charge is 0.476 e. The van der Waals surface area contributed by atoms with Crippen molar-refractivity contribution in [1.29, 1.82) is 0 Å². The number of aromatic carboxylic acids is 1. The smallest absolute Gasteiger partial charge is 0.435 e. The highest BCUT2D eigenvalue weighted by atomic mass is 35.5. The highest BCUT2D eigenvalue weighted by molar-refractivity contribution is 6.42. The van der Waals surface area contributed by atoms with E-state index >= 15 is 0 Å². The van der Waals surface area contributed by atoms with Crippen molar-refractivity contribution in [2.75, 3.05) is 6.61 Å². The first kappa shape index (κ1) is 18.7. The number of carbonyl (C=O) groups is 1. The molecule has 1 fully saturated rings. The maximum atomic E-state index is 13.2. The van der Waals surface area contributed by atoms with Crippen molar-refractivity contribution < 1.29 is 27.8 Å². The van der Waals surface area contributed by atoms with Gasteiger partial charge in [-0.05, 0) is 30.9 Å². The summed E-state index contributed by atoms with van der Waals surface area (Å²) in [5.74, 6) is -2.00. The third-order valence-electron chi connectivity index (χ3n) is 3.68. The maximum absolute atomic E-state index is 13.2. The van der Waals surface area contributed by atoms with Gasteiger partial charge in [-0.3, -0.25) is 0 Å². The van der Waals surface area contributed by atoms with E-state index in [4.69, 9.17) is 33.0 Å². The van der Waals surface area contributed by atoms with E-state index in [0.717, 1.165) is 12.8 Å². The van der Waals surface area contributed by atoms with Gasteiger partial charge in [0.2, 0.25) is 5.88 Å². The summed E-state index contributed by atoms with van der Waals surface area (Å²) in [7, 11) is 0. The highest BCUT2D eigenvalue weighted by Crippen LogP contribution is 2.38. The van der Waals surface area contributed by atoms with Crippen LogP contribution in [0.3, 0.4) is 0 Å². The van der Waals surface area contributed by atoms with E-state index in [1.54, 1.807) is 0 Å². The van der Waals surface area contributed by atoms with Crippen LogP contribution in [0.5, 0.6) is 5.88 Å². The standard InChI is InChI=1S/C16H11Cl2F3N2O3/c17-9-4-3-8(5-10(9)18)11-14(26-6-7-1-2-7)23-13(16(19,20)21)12(22-11)15(24)25/h3-5,7H,1-2,6H2,(H,24,25). The fourth-order valence-electron chi connectivity index (χ4n) is 2.18. The Morgan fingerprint density at radius 1 is 1.23 bits per heavy atom. The number of rotatable bonds is 5. The topological polar surface area (TPSA) is 72.3 Å². The molecule has 0 unspecified atom stereocenters. The zero-order valence-corrected chi connectivity index (χ0v) is 14.5. The van der Waals surface area contributed by atoms with Crippen LogP contribution in [0.15, 0.2) is 18.2 Å². The lowest BCUT2D eigenvalue weighted by Crippen LogP contribution is -2.19. The predicted octanol–water partition coefficient (Wildman–Crippen LogP) is 4.96. The summed E-state index contributed by atoms with van der Waals surface area (Å²) in [6.07, 6.45) is -3.17. The number of aromatic nitrogens is 2. The van der Waals surface area contributed by atoms with E-state index in [1.807, 2.05) is 0 Å². The predicted molar refractivity (Wildman–Crippen MR) is 87.7 cm³/mol. The van der Waals surface area contributed by atoms with Gasteiger partial charge in [0.05, 0.1) is 16.7 Å². The molecule has 0 aliphatic heterocycles. The lowest BCUT2D eigenvalue weighted by molar-refractivity contribution is -0.142. The fraction of sp³-hybridized carbons (Fsp3) is 0.312. The van der Waals surface area contributed by atoms with Gasteiger partial charge < -0.3 is 9.84 Å². The molecule has 26 heavy (non-hydrogen) atoms. The number of carboxylic acid groups (broad SMARTS) is 1. The van der Waals surface area contributed by atoms with Gasteiger partial charge in [-0.2, -0.15) is 13.2 Å². The summed E-state index contributed by atoms with van der Waals surface area (Å²) < 4.78 is 45.0. The van der Waals surface area contributed by atoms with Gasteiger partial charge in [-0.1, -0.05) is 29.3 Å². The molecular formula is C16H11Cl2F3N2O3. The van der Waals surface area contributed by atoms with Gasteiger partial charge in [-0.25, -0.2) is 14.8 Å². The molecule has 1 aliphatic carbocycles. The van der Waals surface area contributed by atoms with Crippen molar-refractivity contribution in [2.24, 2.45) is 5.92 Å². The number of halogens is 5. The van der Waals surface area contributed by atoms with Crippen LogP contribution in [0.1, 0.15) is 29.0 Å². The molecule has 0 spiro atoms. The molecule has 10 heteroatoms. The van der Waals surface area contributed by atoms with E-state index in [-0.39, 0.29) is 33.8 Å². The molecule has 0 bridgehead atoms. The van der Waals surface area contributed by atoms with Gasteiger partial charge in [0.15, 0.2) is 11.4 Å². The molecule has 0 radical (unpaired) electrons. The minimum Gasteiger partial charge on any atom is -0.476 e. The van der Waals surface area contributed by atoms with Gasteiger partial charge in [0, 0.05) is 5.56 Å². The zero-order chi connectivity index (χ0) is 19.1. The molecule has 0 amide bonds. The lowest BCUT2D eigenvalue weighted by atomic mass is 10.1. The first-order chi connectivity index (χ1) is 12.2. The molecule has 2 aromatic rings. The Labute approximate surface area is 155 Å². The molecule has 1 aromatic heterocycles.